The summed E-state index contributed by atoms with van der Waals surface area (Å²) in [5.74, 6) is 1.24. The minimum absolute atomic E-state index is 0.213. The number of unbranched alkanes of at least 4 members (excludes halogenated alkanes) is 2. The molecule has 2 heterocycles. The van der Waals surface area contributed by atoms with Crippen molar-refractivity contribution in [3.05, 3.63) is 65.2 Å². The predicted octanol–water partition coefficient (Wildman–Crippen LogP) is 3.80. The highest BCUT2D eigenvalue weighted by Gasteiger charge is 2.27. The molecule has 3 aromatic rings. The van der Waals surface area contributed by atoms with Crippen molar-refractivity contribution in [3.8, 4) is 17.0 Å². The van der Waals surface area contributed by atoms with Gasteiger partial charge in [0.2, 0.25) is 5.95 Å². The molecule has 0 atom stereocenters. The second-order valence-electron chi connectivity index (χ2n) is 10.2. The molecule has 0 saturated carbocycles. The van der Waals surface area contributed by atoms with Crippen molar-refractivity contribution in [2.24, 2.45) is 0 Å². The van der Waals surface area contributed by atoms with Crippen molar-refractivity contribution >= 4 is 17.7 Å². The summed E-state index contributed by atoms with van der Waals surface area (Å²) in [6.07, 6.45) is 4.81. The number of aryl methyl sites for hydroxylation is 1. The molecule has 2 aliphatic rings. The summed E-state index contributed by atoms with van der Waals surface area (Å²) in [4.78, 5) is 24.7. The van der Waals surface area contributed by atoms with Crippen LogP contribution in [0.2, 0.25) is 0 Å². The molecule has 1 fully saturated rings. The van der Waals surface area contributed by atoms with Crippen LogP contribution in [0.1, 0.15) is 36.0 Å². The van der Waals surface area contributed by atoms with Crippen molar-refractivity contribution in [2.45, 2.75) is 38.7 Å². The zero-order chi connectivity index (χ0) is 27.0. The molecule has 0 unspecified atom stereocenters. The van der Waals surface area contributed by atoms with Crippen LogP contribution in [0.25, 0.3) is 11.3 Å². The van der Waals surface area contributed by atoms with Crippen molar-refractivity contribution < 1.29 is 19.4 Å². The number of aromatic nitrogens is 2. The summed E-state index contributed by atoms with van der Waals surface area (Å²) >= 11 is 0. The highest BCUT2D eigenvalue weighted by molar-refractivity contribution is 5.76. The van der Waals surface area contributed by atoms with Crippen LogP contribution >= 0.6 is 0 Å². The Balaban J connectivity index is 1.17. The summed E-state index contributed by atoms with van der Waals surface area (Å²) in [5, 5.41) is 8.62. The van der Waals surface area contributed by atoms with Crippen molar-refractivity contribution in [2.75, 3.05) is 56.6 Å². The second kappa shape index (κ2) is 12.9. The van der Waals surface area contributed by atoms with Gasteiger partial charge in [0.25, 0.3) is 0 Å². The maximum absolute atomic E-state index is 10.5. The average molecular weight is 532 g/mol. The number of carboxylic acid groups (broad SMARTS) is 1. The molecule has 2 aromatic carbocycles. The summed E-state index contributed by atoms with van der Waals surface area (Å²) in [6, 6.07) is 16.5. The first kappa shape index (κ1) is 26.9. The van der Waals surface area contributed by atoms with Crippen LogP contribution in [0.3, 0.4) is 0 Å². The lowest BCUT2D eigenvalue weighted by molar-refractivity contribution is -0.142. The summed E-state index contributed by atoms with van der Waals surface area (Å²) < 4.78 is 11.2. The lowest BCUT2D eigenvalue weighted by Gasteiger charge is -2.37. The average Bonchev–Trinajstić information content (AvgIpc) is 2.95. The number of nitrogens with zero attached hydrogens (tertiary/aromatic N) is 4. The number of ether oxygens (including phenoxy) is 2. The SMILES string of the molecule is Nc1nc2c(c(N3CCN(CCCCCOCC(=O)O)CC3)n1)CCc1cc(OCc3ccccc3)ccc1-2. The van der Waals surface area contributed by atoms with E-state index in [1.807, 2.05) is 24.3 Å². The molecule has 1 aliphatic carbocycles. The van der Waals surface area contributed by atoms with E-state index in [2.05, 4.69) is 39.0 Å². The number of benzene rings is 2. The smallest absolute Gasteiger partial charge is 0.329 e. The Labute approximate surface area is 229 Å². The Morgan fingerprint density at radius 1 is 0.974 bits per heavy atom. The third kappa shape index (κ3) is 7.04. The Morgan fingerprint density at radius 2 is 1.79 bits per heavy atom. The van der Waals surface area contributed by atoms with Gasteiger partial charge in [-0.25, -0.2) is 9.78 Å². The molecular weight excluding hydrogens is 494 g/mol. The number of carboxylic acids is 1. The van der Waals surface area contributed by atoms with E-state index in [4.69, 9.17) is 25.3 Å². The molecule has 39 heavy (non-hydrogen) atoms. The van der Waals surface area contributed by atoms with E-state index < -0.39 is 5.97 Å². The number of aliphatic carboxylic acids is 1. The number of nitrogens with two attached hydrogens (primary N) is 1. The van der Waals surface area contributed by atoms with Crippen LogP contribution < -0.4 is 15.4 Å². The number of hydrogen-bond donors (Lipinski definition) is 2. The number of nitrogen functional groups attached to an aromatic ring is 1. The van der Waals surface area contributed by atoms with Crippen LogP contribution in [0.4, 0.5) is 11.8 Å². The van der Waals surface area contributed by atoms with E-state index in [9.17, 15) is 4.79 Å². The highest BCUT2D eigenvalue weighted by atomic mass is 16.5. The van der Waals surface area contributed by atoms with Crippen molar-refractivity contribution in [3.63, 3.8) is 0 Å². The number of piperazine rings is 1. The molecule has 0 spiro atoms. The van der Waals surface area contributed by atoms with Gasteiger partial charge in [0.05, 0.1) is 5.69 Å². The highest BCUT2D eigenvalue weighted by Crippen LogP contribution is 2.38. The van der Waals surface area contributed by atoms with E-state index in [0.717, 1.165) is 93.2 Å². The monoisotopic (exact) mass is 531 g/mol. The van der Waals surface area contributed by atoms with Crippen LogP contribution in [0.5, 0.6) is 5.75 Å². The third-order valence-corrected chi connectivity index (χ3v) is 7.39. The van der Waals surface area contributed by atoms with Crippen LogP contribution in [0.15, 0.2) is 48.5 Å². The largest absolute Gasteiger partial charge is 0.489 e. The Morgan fingerprint density at radius 3 is 2.59 bits per heavy atom. The number of rotatable bonds is 12. The van der Waals surface area contributed by atoms with E-state index in [1.54, 1.807) is 0 Å². The summed E-state index contributed by atoms with van der Waals surface area (Å²) in [6.45, 7) is 5.65. The van der Waals surface area contributed by atoms with E-state index in [0.29, 0.717) is 19.2 Å². The topological polar surface area (TPSA) is 114 Å². The Kier molecular flexibility index (Phi) is 8.90. The van der Waals surface area contributed by atoms with Crippen LogP contribution in [0, 0.1) is 0 Å². The van der Waals surface area contributed by atoms with E-state index in [1.165, 1.54) is 11.1 Å². The standard InChI is InChI=1S/C30H37N5O4/c31-30-32-28-25-12-10-24(39-20-22-7-3-1-4-8-22)19-23(25)9-11-26(28)29(33-30)35-16-14-34(15-17-35)13-5-2-6-18-38-21-27(36)37/h1,3-4,7-8,10,12,19H,2,5-6,9,11,13-18,20-21H2,(H,36,37)(H2,31,32,33). The molecule has 0 amide bonds. The predicted molar refractivity (Wildman–Crippen MR) is 151 cm³/mol. The molecule has 3 N–H and O–H groups in total. The minimum atomic E-state index is -0.915. The third-order valence-electron chi connectivity index (χ3n) is 7.39. The lowest BCUT2D eigenvalue weighted by atomic mass is 9.88. The normalized spacial score (nSPS) is 15.0. The fourth-order valence-corrected chi connectivity index (χ4v) is 5.36. The summed E-state index contributed by atoms with van der Waals surface area (Å²) in [7, 11) is 0. The quantitative estimate of drug-likeness (QED) is 0.337. The molecule has 9 heteroatoms. The summed E-state index contributed by atoms with van der Waals surface area (Å²) in [5.41, 5.74) is 11.8. The van der Waals surface area contributed by atoms with Gasteiger partial charge in [0.1, 0.15) is 24.8 Å². The first-order valence-corrected chi connectivity index (χ1v) is 13.8. The number of anilines is 2. The Bertz CT molecular complexity index is 1260. The van der Waals surface area contributed by atoms with Gasteiger partial charge in [-0.1, -0.05) is 30.3 Å². The maximum Gasteiger partial charge on any atom is 0.329 e. The van der Waals surface area contributed by atoms with Crippen molar-refractivity contribution in [1.29, 1.82) is 0 Å². The van der Waals surface area contributed by atoms with Crippen molar-refractivity contribution in [1.82, 2.24) is 14.9 Å². The van der Waals surface area contributed by atoms with Gasteiger partial charge in [0.15, 0.2) is 0 Å². The first-order valence-electron chi connectivity index (χ1n) is 13.8. The van der Waals surface area contributed by atoms with Gasteiger partial charge < -0.3 is 25.2 Å². The van der Waals surface area contributed by atoms with Gasteiger partial charge in [-0.2, -0.15) is 4.98 Å². The zero-order valence-electron chi connectivity index (χ0n) is 22.3. The maximum atomic E-state index is 10.5. The van der Waals surface area contributed by atoms with Gasteiger partial charge >= 0.3 is 5.97 Å². The molecule has 0 bridgehead atoms. The number of hydrogen-bond acceptors (Lipinski definition) is 8. The number of fused-ring (bicyclic) bond motifs is 3. The molecule has 9 nitrogen and oxygen atoms in total. The van der Waals surface area contributed by atoms with Crippen LogP contribution in [-0.2, 0) is 29.0 Å². The molecule has 0 radical (unpaired) electrons. The van der Waals surface area contributed by atoms with Gasteiger partial charge in [-0.05, 0) is 68.0 Å². The number of carbonyl (C=O) groups is 1. The molecule has 206 valence electrons. The second-order valence-corrected chi connectivity index (χ2v) is 10.2. The molecule has 1 saturated heterocycles. The molecule has 1 aromatic heterocycles. The van der Waals surface area contributed by atoms with Gasteiger partial charge in [-0.15, -0.1) is 0 Å². The molecular formula is C30H37N5O4. The first-order chi connectivity index (χ1) is 19.1. The molecule has 5 rings (SSSR count). The minimum Gasteiger partial charge on any atom is -0.489 e. The van der Waals surface area contributed by atoms with E-state index >= 15 is 0 Å². The lowest BCUT2D eigenvalue weighted by Crippen LogP contribution is -2.47. The molecule has 1 aliphatic heterocycles. The fraction of sp³-hybridized carbons (Fsp3) is 0.433. The van der Waals surface area contributed by atoms with Gasteiger partial charge in [-0.3, -0.25) is 4.90 Å². The fourth-order valence-electron chi connectivity index (χ4n) is 5.36. The van der Waals surface area contributed by atoms with E-state index in [-0.39, 0.29) is 6.61 Å². The van der Waals surface area contributed by atoms with Gasteiger partial charge in [0, 0.05) is 43.9 Å². The zero-order valence-corrected chi connectivity index (χ0v) is 22.3. The van der Waals surface area contributed by atoms with Crippen LogP contribution in [-0.4, -0.2) is 71.9 Å². The Hall–Kier alpha value is -3.69.